The number of fused-ring (bicyclic) bond motifs is 3. The SMILES string of the molecule is [2H]c1ccnc(Oc2[c-]c(-c3[c-]c4c(cc3)c3cc(-c5ccccc5)ccc3n4-c3cc([2H])ccn3)cc(-c3ccccc3)c2)c1.[Pt+2]. The van der Waals surface area contributed by atoms with E-state index in [0.717, 1.165) is 55.2 Å². The predicted octanol–water partition coefficient (Wildman–Crippen LogP) is 9.96. The Morgan fingerprint density at radius 3 is 2.07 bits per heavy atom. The quantitative estimate of drug-likeness (QED) is 0.159. The molecule has 3 heterocycles. The standard InChI is InChI=1S/C40H25N3O.Pt/c1-3-11-28(12-4-1)30-18-20-37-36(26-30)35-19-17-31(27-38(35)43(37)39-15-7-9-21-41-39)33-23-32(29-13-5-2-6-14-29)24-34(25-33)44-40-16-8-10-22-42-40;/h1-24,26H;/q-2;+2/i7D,8D;. The molecule has 5 heteroatoms. The monoisotopic (exact) mass is 760 g/mol. The number of ether oxygens (including phenoxy) is 1. The molecule has 0 N–H and O–H groups in total. The zero-order valence-corrected chi connectivity index (χ0v) is 26.1. The van der Waals surface area contributed by atoms with Crippen molar-refractivity contribution in [2.75, 3.05) is 0 Å². The van der Waals surface area contributed by atoms with Gasteiger partial charge in [-0.2, -0.15) is 18.2 Å². The van der Waals surface area contributed by atoms with Crippen LogP contribution in [-0.4, -0.2) is 14.5 Å². The van der Waals surface area contributed by atoms with E-state index in [2.05, 4.69) is 87.3 Å². The van der Waals surface area contributed by atoms with Crippen LogP contribution in [0.15, 0.2) is 152 Å². The van der Waals surface area contributed by atoms with E-state index in [9.17, 15) is 0 Å². The van der Waals surface area contributed by atoms with Gasteiger partial charge in [-0.25, -0.2) is 21.1 Å². The minimum Gasteiger partial charge on any atom is -0.460 e. The maximum atomic E-state index is 8.31. The number of hydrogen-bond acceptors (Lipinski definition) is 3. The molecule has 8 rings (SSSR count). The van der Waals surface area contributed by atoms with E-state index < -0.39 is 0 Å². The van der Waals surface area contributed by atoms with Crippen LogP contribution in [0.2, 0.25) is 0 Å². The first-order valence-electron chi connectivity index (χ1n) is 15.3. The molecule has 0 aliphatic heterocycles. The molecule has 3 aromatic heterocycles. The fraction of sp³-hybridized carbons (Fsp3) is 0. The number of aromatic nitrogens is 3. The average molecular weight is 761 g/mol. The smallest absolute Gasteiger partial charge is 0.460 e. The summed E-state index contributed by atoms with van der Waals surface area (Å²) in [5, 5.41) is 2.10. The minimum absolute atomic E-state index is 0. The molecule has 0 saturated heterocycles. The Kier molecular flexibility index (Phi) is 7.17. The van der Waals surface area contributed by atoms with Crippen molar-refractivity contribution in [2.45, 2.75) is 0 Å². The number of benzene rings is 5. The van der Waals surface area contributed by atoms with Crippen molar-refractivity contribution in [1.82, 2.24) is 14.5 Å². The summed E-state index contributed by atoms with van der Waals surface area (Å²) < 4.78 is 24.5. The fourth-order valence-electron chi connectivity index (χ4n) is 5.61. The summed E-state index contributed by atoms with van der Waals surface area (Å²) in [5.41, 5.74) is 7.70. The molecule has 0 spiro atoms. The molecule has 0 bridgehead atoms. The van der Waals surface area contributed by atoms with Crippen LogP contribution in [0.25, 0.3) is 61.0 Å². The molecule has 216 valence electrons. The van der Waals surface area contributed by atoms with Crippen molar-refractivity contribution in [3.05, 3.63) is 164 Å². The third-order valence-electron chi connectivity index (χ3n) is 7.64. The van der Waals surface area contributed by atoms with Crippen LogP contribution in [0.1, 0.15) is 2.74 Å². The second-order valence-electron chi connectivity index (χ2n) is 10.4. The molecule has 4 nitrogen and oxygen atoms in total. The van der Waals surface area contributed by atoms with E-state index in [0.29, 0.717) is 29.5 Å². The molecule has 0 aliphatic rings. The Balaban J connectivity index is 0.00000351. The van der Waals surface area contributed by atoms with Crippen LogP contribution >= 0.6 is 0 Å². The zero-order valence-electron chi connectivity index (χ0n) is 25.8. The van der Waals surface area contributed by atoms with E-state index in [1.54, 1.807) is 36.7 Å². The van der Waals surface area contributed by atoms with Gasteiger partial charge in [0.25, 0.3) is 0 Å². The van der Waals surface area contributed by atoms with Crippen molar-refractivity contribution < 1.29 is 28.5 Å². The molecule has 8 aromatic rings. The molecule has 5 aromatic carbocycles. The number of nitrogens with zero attached hydrogens (tertiary/aromatic N) is 3. The van der Waals surface area contributed by atoms with Crippen LogP contribution in [0.5, 0.6) is 11.6 Å². The summed E-state index contributed by atoms with van der Waals surface area (Å²) in [6.07, 6.45) is 3.22. The summed E-state index contributed by atoms with van der Waals surface area (Å²) in [7, 11) is 0. The molecule has 0 unspecified atom stereocenters. The Hall–Kier alpha value is -5.31. The van der Waals surface area contributed by atoms with Gasteiger partial charge in [0.05, 0.1) is 2.74 Å². The number of pyridine rings is 2. The van der Waals surface area contributed by atoms with E-state index in [1.807, 2.05) is 42.5 Å². The van der Waals surface area contributed by atoms with Gasteiger partial charge in [-0.15, -0.1) is 17.7 Å². The van der Waals surface area contributed by atoms with E-state index in [1.165, 1.54) is 0 Å². The first kappa shape index (κ1) is 26.1. The van der Waals surface area contributed by atoms with Gasteiger partial charge in [0.15, 0.2) is 0 Å². The first-order valence-corrected chi connectivity index (χ1v) is 14.3. The fourth-order valence-corrected chi connectivity index (χ4v) is 5.61. The van der Waals surface area contributed by atoms with Crippen molar-refractivity contribution in [3.8, 4) is 50.8 Å². The van der Waals surface area contributed by atoms with Crippen LogP contribution in [0.4, 0.5) is 0 Å². The summed E-state index contributed by atoms with van der Waals surface area (Å²) in [5.74, 6) is 1.47. The molecule has 0 atom stereocenters. The van der Waals surface area contributed by atoms with Gasteiger partial charge in [-0.1, -0.05) is 96.3 Å². The normalized spacial score (nSPS) is 11.6. The topological polar surface area (TPSA) is 39.9 Å². The second-order valence-corrected chi connectivity index (χ2v) is 10.4. The van der Waals surface area contributed by atoms with E-state index in [-0.39, 0.29) is 21.1 Å². The second kappa shape index (κ2) is 12.4. The molecule has 0 fully saturated rings. The molecule has 0 saturated carbocycles. The number of hydrogen-bond donors (Lipinski definition) is 0. The summed E-state index contributed by atoms with van der Waals surface area (Å²) in [6, 6.07) is 49.5. The van der Waals surface area contributed by atoms with Gasteiger partial charge in [-0.3, -0.25) is 0 Å². The molecule has 0 aliphatic carbocycles. The molecular formula is C40H25N3OPt. The van der Waals surface area contributed by atoms with Crippen molar-refractivity contribution in [1.29, 1.82) is 0 Å². The van der Waals surface area contributed by atoms with Crippen LogP contribution in [-0.2, 0) is 21.1 Å². The molecule has 0 radical (unpaired) electrons. The molecule has 45 heavy (non-hydrogen) atoms. The Morgan fingerprint density at radius 1 is 0.578 bits per heavy atom. The van der Waals surface area contributed by atoms with Crippen LogP contribution in [0, 0.1) is 12.1 Å². The Labute approximate surface area is 278 Å². The Morgan fingerprint density at radius 2 is 1.31 bits per heavy atom. The van der Waals surface area contributed by atoms with E-state index >= 15 is 0 Å². The summed E-state index contributed by atoms with van der Waals surface area (Å²) >= 11 is 0. The predicted molar refractivity (Wildman–Crippen MR) is 177 cm³/mol. The van der Waals surface area contributed by atoms with Gasteiger partial charge in [0, 0.05) is 29.7 Å². The van der Waals surface area contributed by atoms with Crippen LogP contribution in [0.3, 0.4) is 0 Å². The van der Waals surface area contributed by atoms with Crippen LogP contribution < -0.4 is 4.74 Å². The van der Waals surface area contributed by atoms with Gasteiger partial charge >= 0.3 is 21.1 Å². The summed E-state index contributed by atoms with van der Waals surface area (Å²) in [6.45, 7) is 0. The van der Waals surface area contributed by atoms with Gasteiger partial charge in [0.1, 0.15) is 5.82 Å². The van der Waals surface area contributed by atoms with Gasteiger partial charge < -0.3 is 9.30 Å². The van der Waals surface area contributed by atoms with Crippen molar-refractivity contribution in [2.24, 2.45) is 0 Å². The average Bonchev–Trinajstić information content (AvgIpc) is 3.42. The molecule has 0 amide bonds. The van der Waals surface area contributed by atoms with Crippen molar-refractivity contribution >= 4 is 21.8 Å². The van der Waals surface area contributed by atoms with Crippen molar-refractivity contribution in [3.63, 3.8) is 0 Å². The van der Waals surface area contributed by atoms with E-state index in [4.69, 9.17) is 7.48 Å². The zero-order chi connectivity index (χ0) is 31.0. The maximum Gasteiger partial charge on any atom is 2.00 e. The minimum atomic E-state index is 0. The summed E-state index contributed by atoms with van der Waals surface area (Å²) in [4.78, 5) is 8.95. The van der Waals surface area contributed by atoms with Gasteiger partial charge in [0.2, 0.25) is 5.88 Å². The maximum absolute atomic E-state index is 8.31. The number of rotatable bonds is 6. The Bertz CT molecular complexity index is 2380. The third-order valence-corrected chi connectivity index (χ3v) is 7.64. The van der Waals surface area contributed by atoms with Gasteiger partial charge in [-0.05, 0) is 51.9 Å². The third kappa shape index (κ3) is 5.57. The largest absolute Gasteiger partial charge is 2.00 e. The first-order chi connectivity index (χ1) is 22.6. The molecular weight excluding hydrogens is 734 g/mol.